The lowest BCUT2D eigenvalue weighted by Gasteiger charge is -2.45. The molecule has 0 bridgehead atoms. The van der Waals surface area contributed by atoms with Gasteiger partial charge in [-0.05, 0) is 30.9 Å². The topological polar surface area (TPSA) is 71.8 Å². The predicted molar refractivity (Wildman–Crippen MR) is 78.2 cm³/mol. The molecule has 6 nitrogen and oxygen atoms in total. The fourth-order valence-electron chi connectivity index (χ4n) is 3.42. The number of hydrogen-bond acceptors (Lipinski definition) is 5. The summed E-state index contributed by atoms with van der Waals surface area (Å²) in [5, 5.41) is 0. The highest BCUT2D eigenvalue weighted by molar-refractivity contribution is 7.88. The molecule has 1 aromatic heterocycles. The molecule has 1 N–H and O–H groups in total. The molecule has 0 radical (unpaired) electrons. The van der Waals surface area contributed by atoms with Gasteiger partial charge in [0.2, 0.25) is 10.0 Å². The van der Waals surface area contributed by atoms with Crippen molar-refractivity contribution in [3.8, 4) is 0 Å². The van der Waals surface area contributed by atoms with Crippen molar-refractivity contribution in [2.75, 3.05) is 26.0 Å². The van der Waals surface area contributed by atoms with Crippen LogP contribution in [0.5, 0.6) is 0 Å². The van der Waals surface area contributed by atoms with Gasteiger partial charge in [-0.3, -0.25) is 4.90 Å². The summed E-state index contributed by atoms with van der Waals surface area (Å²) < 4.78 is 37.2. The van der Waals surface area contributed by atoms with E-state index < -0.39 is 10.0 Å². The Kier molecular flexibility index (Phi) is 4.35. The molecule has 0 saturated carbocycles. The molecule has 2 aliphatic rings. The number of furan rings is 1. The van der Waals surface area contributed by atoms with Crippen LogP contribution < -0.4 is 4.72 Å². The highest BCUT2D eigenvalue weighted by Crippen LogP contribution is 2.29. The molecule has 21 heavy (non-hydrogen) atoms. The van der Waals surface area contributed by atoms with Gasteiger partial charge in [0, 0.05) is 19.7 Å². The fraction of sp³-hybridized carbons (Fsp3) is 0.714. The average Bonchev–Trinajstić information content (AvgIpc) is 2.90. The molecule has 0 aliphatic carbocycles. The highest BCUT2D eigenvalue weighted by Gasteiger charge is 2.40. The van der Waals surface area contributed by atoms with Crippen LogP contribution in [0.25, 0.3) is 0 Å². The summed E-state index contributed by atoms with van der Waals surface area (Å²) in [6.07, 6.45) is 4.98. The van der Waals surface area contributed by atoms with Crippen LogP contribution in [0.15, 0.2) is 22.8 Å². The van der Waals surface area contributed by atoms with Crippen LogP contribution in [-0.4, -0.2) is 51.4 Å². The second kappa shape index (κ2) is 6.08. The molecule has 2 fully saturated rings. The summed E-state index contributed by atoms with van der Waals surface area (Å²) in [7, 11) is -3.24. The third kappa shape index (κ3) is 3.85. The maximum Gasteiger partial charge on any atom is 0.209 e. The van der Waals surface area contributed by atoms with E-state index in [1.165, 1.54) is 6.26 Å². The number of nitrogens with zero attached hydrogens (tertiary/aromatic N) is 1. The Hall–Kier alpha value is -0.890. The molecule has 3 atom stereocenters. The van der Waals surface area contributed by atoms with Crippen molar-refractivity contribution in [1.29, 1.82) is 0 Å². The van der Waals surface area contributed by atoms with Gasteiger partial charge >= 0.3 is 0 Å². The number of fused-ring (bicyclic) bond motifs is 1. The van der Waals surface area contributed by atoms with E-state index in [9.17, 15) is 8.42 Å². The van der Waals surface area contributed by atoms with E-state index in [2.05, 4.69) is 9.62 Å². The minimum atomic E-state index is -3.24. The Bertz CT molecular complexity index is 558. The van der Waals surface area contributed by atoms with Crippen molar-refractivity contribution in [2.45, 2.75) is 31.5 Å². The molecule has 2 saturated heterocycles. The lowest BCUT2D eigenvalue weighted by molar-refractivity contribution is -0.0831. The number of piperidine rings is 1. The van der Waals surface area contributed by atoms with Crippen molar-refractivity contribution < 1.29 is 17.6 Å². The minimum Gasteiger partial charge on any atom is -0.468 e. The third-order valence-corrected chi connectivity index (χ3v) is 4.89. The molecule has 3 rings (SSSR count). The van der Waals surface area contributed by atoms with Crippen LogP contribution in [0.3, 0.4) is 0 Å². The van der Waals surface area contributed by atoms with E-state index in [4.69, 9.17) is 9.15 Å². The van der Waals surface area contributed by atoms with Gasteiger partial charge in [0.25, 0.3) is 0 Å². The molecule has 0 aromatic carbocycles. The second-order valence-electron chi connectivity index (χ2n) is 6.01. The van der Waals surface area contributed by atoms with Crippen molar-refractivity contribution in [3.05, 3.63) is 24.2 Å². The Balaban J connectivity index is 1.73. The number of sulfonamides is 1. The van der Waals surface area contributed by atoms with Crippen LogP contribution in [0.4, 0.5) is 0 Å². The number of hydrogen-bond donors (Lipinski definition) is 1. The summed E-state index contributed by atoms with van der Waals surface area (Å²) in [6.45, 7) is 3.00. The Morgan fingerprint density at radius 1 is 1.43 bits per heavy atom. The lowest BCUT2D eigenvalue weighted by Crippen LogP contribution is -2.60. The fourth-order valence-corrected chi connectivity index (χ4v) is 4.18. The van der Waals surface area contributed by atoms with Gasteiger partial charge < -0.3 is 9.15 Å². The zero-order valence-corrected chi connectivity index (χ0v) is 13.0. The molecule has 0 spiro atoms. The van der Waals surface area contributed by atoms with Gasteiger partial charge in [0.05, 0.1) is 31.2 Å². The lowest BCUT2D eigenvalue weighted by atomic mass is 9.86. The molecule has 0 amide bonds. The van der Waals surface area contributed by atoms with E-state index in [0.717, 1.165) is 31.8 Å². The van der Waals surface area contributed by atoms with E-state index in [-0.39, 0.29) is 12.1 Å². The highest BCUT2D eigenvalue weighted by atomic mass is 32.2. The molecule has 0 unspecified atom stereocenters. The van der Waals surface area contributed by atoms with Gasteiger partial charge in [-0.15, -0.1) is 0 Å². The second-order valence-corrected chi connectivity index (χ2v) is 7.79. The summed E-state index contributed by atoms with van der Waals surface area (Å²) in [6, 6.07) is 3.63. The van der Waals surface area contributed by atoms with E-state index in [1.54, 1.807) is 6.26 Å². The van der Waals surface area contributed by atoms with Gasteiger partial charge in [-0.1, -0.05) is 0 Å². The van der Waals surface area contributed by atoms with Crippen LogP contribution in [0.1, 0.15) is 18.6 Å². The number of nitrogens with one attached hydrogen (secondary N) is 1. The van der Waals surface area contributed by atoms with Crippen LogP contribution in [0.2, 0.25) is 0 Å². The Morgan fingerprint density at radius 2 is 2.29 bits per heavy atom. The zero-order chi connectivity index (χ0) is 14.9. The van der Waals surface area contributed by atoms with Crippen LogP contribution in [0, 0.1) is 5.92 Å². The van der Waals surface area contributed by atoms with Gasteiger partial charge in [-0.25, -0.2) is 13.1 Å². The Morgan fingerprint density at radius 3 is 3.00 bits per heavy atom. The first-order valence-corrected chi connectivity index (χ1v) is 9.24. The standard InChI is InChI=1S/C14H22N2O4S/c1-21(17,18)15-13-10-16(9-12-5-3-6-19-12)8-11-4-2-7-20-14(11)13/h3,5-6,11,13-15H,2,4,7-10H2,1H3/t11-,13+,14-/m0/s1. The van der Waals surface area contributed by atoms with E-state index in [0.29, 0.717) is 19.0 Å². The Labute approximate surface area is 125 Å². The molecule has 2 aliphatic heterocycles. The van der Waals surface area contributed by atoms with Gasteiger partial charge in [-0.2, -0.15) is 0 Å². The quantitative estimate of drug-likeness (QED) is 0.890. The molecular weight excluding hydrogens is 292 g/mol. The largest absolute Gasteiger partial charge is 0.468 e. The minimum absolute atomic E-state index is 0.0127. The molecule has 7 heteroatoms. The summed E-state index contributed by atoms with van der Waals surface area (Å²) in [4.78, 5) is 2.25. The smallest absolute Gasteiger partial charge is 0.209 e. The maximum atomic E-state index is 11.6. The number of rotatable bonds is 4. The van der Waals surface area contributed by atoms with Crippen LogP contribution in [-0.2, 0) is 21.3 Å². The van der Waals surface area contributed by atoms with E-state index in [1.807, 2.05) is 12.1 Å². The van der Waals surface area contributed by atoms with Crippen molar-refractivity contribution >= 4 is 10.0 Å². The first-order chi connectivity index (χ1) is 10.0. The zero-order valence-electron chi connectivity index (χ0n) is 12.2. The average molecular weight is 314 g/mol. The SMILES string of the molecule is CS(=O)(=O)N[C@@H]1CN(Cc2ccco2)C[C@@H]2CCCO[C@@H]21. The van der Waals surface area contributed by atoms with Crippen molar-refractivity contribution in [3.63, 3.8) is 0 Å². The monoisotopic (exact) mass is 314 g/mol. The van der Waals surface area contributed by atoms with E-state index >= 15 is 0 Å². The summed E-state index contributed by atoms with van der Waals surface area (Å²) in [5.41, 5.74) is 0. The number of likely N-dealkylation sites (tertiary alicyclic amines) is 1. The first kappa shape index (κ1) is 15.0. The number of ether oxygens (including phenoxy) is 1. The van der Waals surface area contributed by atoms with Gasteiger partial charge in [0.1, 0.15) is 5.76 Å². The first-order valence-electron chi connectivity index (χ1n) is 7.35. The third-order valence-electron chi connectivity index (χ3n) is 4.16. The molecular formula is C14H22N2O4S. The van der Waals surface area contributed by atoms with Gasteiger partial charge in [0.15, 0.2) is 0 Å². The molecule has 3 heterocycles. The normalized spacial score (nSPS) is 31.0. The maximum absolute atomic E-state index is 11.6. The summed E-state index contributed by atoms with van der Waals surface area (Å²) >= 11 is 0. The van der Waals surface area contributed by atoms with Crippen molar-refractivity contribution in [1.82, 2.24) is 9.62 Å². The predicted octanol–water partition coefficient (Wildman–Crippen LogP) is 0.808. The molecule has 1 aromatic rings. The summed E-state index contributed by atoms with van der Waals surface area (Å²) in [5.74, 6) is 1.28. The van der Waals surface area contributed by atoms with Crippen LogP contribution >= 0.6 is 0 Å². The molecule has 118 valence electrons. The van der Waals surface area contributed by atoms with Crippen molar-refractivity contribution in [2.24, 2.45) is 5.92 Å².